The van der Waals surface area contributed by atoms with E-state index in [0.29, 0.717) is 18.2 Å². The number of nitrogen functional groups attached to an aromatic ring is 1. The second-order valence-corrected chi connectivity index (χ2v) is 4.66. The zero-order valence-electron chi connectivity index (χ0n) is 9.97. The molecule has 1 fully saturated rings. The second-order valence-electron chi connectivity index (χ2n) is 4.66. The highest BCUT2D eigenvalue weighted by Crippen LogP contribution is 2.23. The highest BCUT2D eigenvalue weighted by Gasteiger charge is 2.15. The molecular weight excluding hydrogens is 218 g/mol. The largest absolute Gasteiger partial charge is 0.464 e. The summed E-state index contributed by atoms with van der Waals surface area (Å²) in [6.07, 6.45) is 9.35. The third-order valence-electron chi connectivity index (χ3n) is 3.15. The van der Waals surface area contributed by atoms with Crippen molar-refractivity contribution in [3.05, 3.63) is 12.4 Å². The zero-order chi connectivity index (χ0) is 12.1. The van der Waals surface area contributed by atoms with Gasteiger partial charge >= 0.3 is 5.97 Å². The van der Waals surface area contributed by atoms with Crippen LogP contribution in [-0.2, 0) is 16.1 Å². The summed E-state index contributed by atoms with van der Waals surface area (Å²) >= 11 is 0. The molecule has 0 spiro atoms. The summed E-state index contributed by atoms with van der Waals surface area (Å²) < 4.78 is 6.75. The molecule has 0 unspecified atom stereocenters. The molecule has 2 rings (SSSR count). The lowest BCUT2D eigenvalue weighted by Gasteiger charge is -2.20. The van der Waals surface area contributed by atoms with E-state index in [2.05, 4.69) is 5.10 Å². The molecule has 2 N–H and O–H groups in total. The average Bonchev–Trinajstić information content (AvgIpc) is 2.73. The third kappa shape index (κ3) is 3.76. The molecule has 17 heavy (non-hydrogen) atoms. The number of carbonyl (C=O) groups is 1. The molecular formula is C12H19N3O2. The average molecular weight is 237 g/mol. The monoisotopic (exact) mass is 237 g/mol. The van der Waals surface area contributed by atoms with Crippen LogP contribution in [0.4, 0.5) is 5.69 Å². The molecule has 1 saturated carbocycles. The molecule has 1 aromatic heterocycles. The van der Waals surface area contributed by atoms with Gasteiger partial charge in [-0.05, 0) is 18.8 Å². The molecule has 0 amide bonds. The van der Waals surface area contributed by atoms with Gasteiger partial charge in [-0.3, -0.25) is 9.48 Å². The van der Waals surface area contributed by atoms with E-state index in [1.165, 1.54) is 43.0 Å². The van der Waals surface area contributed by atoms with Gasteiger partial charge in [0.05, 0.1) is 18.5 Å². The Morgan fingerprint density at radius 3 is 2.88 bits per heavy atom. The lowest BCUT2D eigenvalue weighted by Crippen LogP contribution is -2.20. The van der Waals surface area contributed by atoms with Crippen LogP contribution in [0, 0.1) is 5.92 Å². The summed E-state index contributed by atoms with van der Waals surface area (Å²) in [5, 5.41) is 3.94. The Bertz CT molecular complexity index is 370. The summed E-state index contributed by atoms with van der Waals surface area (Å²) in [5.41, 5.74) is 6.07. The van der Waals surface area contributed by atoms with Crippen molar-refractivity contribution in [1.29, 1.82) is 0 Å². The fourth-order valence-corrected chi connectivity index (χ4v) is 2.21. The first kappa shape index (κ1) is 12.0. The van der Waals surface area contributed by atoms with Crippen LogP contribution in [-0.4, -0.2) is 22.4 Å². The first-order valence-corrected chi connectivity index (χ1v) is 6.17. The molecule has 1 aliphatic rings. The number of carbonyl (C=O) groups excluding carboxylic acids is 1. The van der Waals surface area contributed by atoms with Crippen LogP contribution in [0.15, 0.2) is 12.4 Å². The van der Waals surface area contributed by atoms with E-state index in [-0.39, 0.29) is 12.5 Å². The summed E-state index contributed by atoms with van der Waals surface area (Å²) in [6, 6.07) is 0. The Kier molecular flexibility index (Phi) is 4.01. The van der Waals surface area contributed by atoms with E-state index >= 15 is 0 Å². The minimum Gasteiger partial charge on any atom is -0.464 e. The number of nitrogens with two attached hydrogens (primary N) is 1. The van der Waals surface area contributed by atoms with Crippen molar-refractivity contribution in [3.63, 3.8) is 0 Å². The standard InChI is InChI=1S/C12H19N3O2/c13-11-6-14-15(7-11)8-12(16)17-9-10-4-2-1-3-5-10/h6-7,10H,1-5,8-9,13H2. The van der Waals surface area contributed by atoms with E-state index in [0.717, 1.165) is 0 Å². The number of anilines is 1. The van der Waals surface area contributed by atoms with Crippen LogP contribution in [0.3, 0.4) is 0 Å². The smallest absolute Gasteiger partial charge is 0.327 e. The van der Waals surface area contributed by atoms with Gasteiger partial charge in [-0.25, -0.2) is 0 Å². The number of rotatable bonds is 4. The maximum Gasteiger partial charge on any atom is 0.327 e. The third-order valence-corrected chi connectivity index (χ3v) is 3.15. The molecule has 5 nitrogen and oxygen atoms in total. The molecule has 0 radical (unpaired) electrons. The van der Waals surface area contributed by atoms with Crippen molar-refractivity contribution in [2.24, 2.45) is 5.92 Å². The number of ether oxygens (including phenoxy) is 1. The van der Waals surface area contributed by atoms with E-state index < -0.39 is 0 Å². The minimum atomic E-state index is -0.237. The second kappa shape index (κ2) is 5.70. The molecule has 0 bridgehead atoms. The number of esters is 1. The molecule has 1 heterocycles. The van der Waals surface area contributed by atoms with Crippen molar-refractivity contribution in [3.8, 4) is 0 Å². The Balaban J connectivity index is 1.70. The van der Waals surface area contributed by atoms with E-state index in [9.17, 15) is 4.79 Å². The molecule has 5 heteroatoms. The van der Waals surface area contributed by atoms with Crippen LogP contribution in [0.1, 0.15) is 32.1 Å². The van der Waals surface area contributed by atoms with Crippen LogP contribution in [0.25, 0.3) is 0 Å². The van der Waals surface area contributed by atoms with Gasteiger partial charge < -0.3 is 10.5 Å². The van der Waals surface area contributed by atoms with Gasteiger partial charge in [0.1, 0.15) is 6.54 Å². The minimum absolute atomic E-state index is 0.143. The van der Waals surface area contributed by atoms with Crippen molar-refractivity contribution < 1.29 is 9.53 Å². The topological polar surface area (TPSA) is 70.1 Å². The fourth-order valence-electron chi connectivity index (χ4n) is 2.21. The molecule has 0 atom stereocenters. The zero-order valence-corrected chi connectivity index (χ0v) is 9.97. The van der Waals surface area contributed by atoms with Crippen molar-refractivity contribution in [2.45, 2.75) is 38.6 Å². The Labute approximate surface area is 101 Å². The summed E-state index contributed by atoms with van der Waals surface area (Å²) in [4.78, 5) is 11.5. The number of nitrogens with zero attached hydrogens (tertiary/aromatic N) is 2. The maximum absolute atomic E-state index is 11.5. The number of hydrogen-bond donors (Lipinski definition) is 1. The molecule has 0 aromatic carbocycles. The lowest BCUT2D eigenvalue weighted by atomic mass is 9.90. The SMILES string of the molecule is Nc1cnn(CC(=O)OCC2CCCCC2)c1. The maximum atomic E-state index is 11.5. The Hall–Kier alpha value is -1.52. The van der Waals surface area contributed by atoms with Crippen LogP contribution in [0.5, 0.6) is 0 Å². The summed E-state index contributed by atoms with van der Waals surface area (Å²) in [7, 11) is 0. The van der Waals surface area contributed by atoms with Crippen LogP contribution in [0.2, 0.25) is 0 Å². The number of aromatic nitrogens is 2. The quantitative estimate of drug-likeness (QED) is 0.807. The molecule has 0 aliphatic heterocycles. The van der Waals surface area contributed by atoms with Crippen LogP contribution >= 0.6 is 0 Å². The molecule has 94 valence electrons. The summed E-state index contributed by atoms with van der Waals surface area (Å²) in [6.45, 7) is 0.694. The first-order valence-electron chi connectivity index (χ1n) is 6.17. The first-order chi connectivity index (χ1) is 8.24. The lowest BCUT2D eigenvalue weighted by molar-refractivity contribution is -0.146. The van der Waals surface area contributed by atoms with Gasteiger partial charge in [-0.1, -0.05) is 19.3 Å². The van der Waals surface area contributed by atoms with Crippen LogP contribution < -0.4 is 5.73 Å². The van der Waals surface area contributed by atoms with Gasteiger partial charge in [0.15, 0.2) is 0 Å². The fraction of sp³-hybridized carbons (Fsp3) is 0.667. The molecule has 0 saturated heterocycles. The van der Waals surface area contributed by atoms with E-state index in [1.807, 2.05) is 0 Å². The Morgan fingerprint density at radius 1 is 1.47 bits per heavy atom. The summed E-state index contributed by atoms with van der Waals surface area (Å²) in [5.74, 6) is 0.314. The predicted octanol–water partition coefficient (Wildman–Crippen LogP) is 1.59. The van der Waals surface area contributed by atoms with E-state index in [4.69, 9.17) is 10.5 Å². The predicted molar refractivity (Wildman–Crippen MR) is 64.2 cm³/mol. The van der Waals surface area contributed by atoms with Gasteiger partial charge in [-0.2, -0.15) is 5.10 Å². The van der Waals surface area contributed by atoms with Gasteiger partial charge in [0.25, 0.3) is 0 Å². The molecule has 1 aromatic rings. The van der Waals surface area contributed by atoms with Gasteiger partial charge in [0, 0.05) is 6.20 Å². The number of hydrogen-bond acceptors (Lipinski definition) is 4. The van der Waals surface area contributed by atoms with Crippen molar-refractivity contribution in [1.82, 2.24) is 9.78 Å². The highest BCUT2D eigenvalue weighted by atomic mass is 16.5. The van der Waals surface area contributed by atoms with Crippen molar-refractivity contribution in [2.75, 3.05) is 12.3 Å². The van der Waals surface area contributed by atoms with E-state index in [1.54, 1.807) is 6.20 Å². The van der Waals surface area contributed by atoms with Gasteiger partial charge in [-0.15, -0.1) is 0 Å². The Morgan fingerprint density at radius 2 is 2.24 bits per heavy atom. The molecule has 1 aliphatic carbocycles. The normalized spacial score (nSPS) is 16.9. The van der Waals surface area contributed by atoms with Gasteiger partial charge in [0.2, 0.25) is 0 Å². The van der Waals surface area contributed by atoms with Crippen molar-refractivity contribution >= 4 is 11.7 Å². The highest BCUT2D eigenvalue weighted by molar-refractivity contribution is 5.69.